The Morgan fingerprint density at radius 1 is 1.29 bits per heavy atom. The van der Waals surface area contributed by atoms with E-state index in [0.29, 0.717) is 11.9 Å². The average Bonchev–Trinajstić information content (AvgIpc) is 3.14. The lowest BCUT2D eigenvalue weighted by Gasteiger charge is -2.15. The van der Waals surface area contributed by atoms with E-state index >= 15 is 0 Å². The van der Waals surface area contributed by atoms with E-state index in [1.165, 1.54) is 18.5 Å². The number of alkyl halides is 3. The first-order chi connectivity index (χ1) is 13.2. The minimum atomic E-state index is -4.65. The average molecular weight is 392 g/mol. The third-order valence-corrected chi connectivity index (χ3v) is 3.75. The lowest BCUT2D eigenvalue weighted by molar-refractivity contribution is -0.137. The van der Waals surface area contributed by atoms with Gasteiger partial charge >= 0.3 is 6.18 Å². The molecule has 0 radical (unpaired) electrons. The molecule has 11 heteroatoms. The summed E-state index contributed by atoms with van der Waals surface area (Å²) in [5.41, 5.74) is 5.62. The molecule has 2 heterocycles. The van der Waals surface area contributed by atoms with Gasteiger partial charge in [0.05, 0.1) is 12.7 Å². The van der Waals surface area contributed by atoms with E-state index in [0.717, 1.165) is 5.56 Å². The van der Waals surface area contributed by atoms with Crippen molar-refractivity contribution in [2.24, 2.45) is 5.73 Å². The molecule has 4 N–H and O–H groups in total. The minimum Gasteiger partial charge on any atom is -0.447 e. The van der Waals surface area contributed by atoms with Crippen LogP contribution in [0.2, 0.25) is 0 Å². The normalized spacial score (nSPS) is 11.3. The van der Waals surface area contributed by atoms with Crippen LogP contribution < -0.4 is 16.4 Å². The fourth-order valence-electron chi connectivity index (χ4n) is 2.31. The van der Waals surface area contributed by atoms with Gasteiger partial charge in [0, 0.05) is 17.4 Å². The molecule has 0 bridgehead atoms. The van der Waals surface area contributed by atoms with Crippen LogP contribution in [0.1, 0.15) is 27.4 Å². The summed E-state index contributed by atoms with van der Waals surface area (Å²) in [4.78, 5) is 22.8. The van der Waals surface area contributed by atoms with Crippen molar-refractivity contribution in [1.82, 2.24) is 15.0 Å². The van der Waals surface area contributed by atoms with Crippen LogP contribution in [0.3, 0.4) is 0 Å². The number of benzene rings is 1. The summed E-state index contributed by atoms with van der Waals surface area (Å²) in [7, 11) is 0. The van der Waals surface area contributed by atoms with Crippen LogP contribution in [0.15, 0.2) is 41.3 Å². The Hall–Kier alpha value is -3.63. The highest BCUT2D eigenvalue weighted by molar-refractivity contribution is 5.94. The first-order valence-electron chi connectivity index (χ1n) is 7.98. The van der Waals surface area contributed by atoms with Gasteiger partial charge in [-0.25, -0.2) is 9.97 Å². The van der Waals surface area contributed by atoms with Gasteiger partial charge in [0.15, 0.2) is 0 Å². The smallest absolute Gasteiger partial charge is 0.421 e. The fraction of sp³-hybridized carbons (Fsp3) is 0.176. The first-order valence-corrected chi connectivity index (χ1v) is 7.98. The Bertz CT molecular complexity index is 989. The summed E-state index contributed by atoms with van der Waals surface area (Å²) < 4.78 is 44.7. The molecule has 0 atom stereocenters. The van der Waals surface area contributed by atoms with Crippen molar-refractivity contribution >= 4 is 23.4 Å². The Morgan fingerprint density at radius 2 is 2.07 bits per heavy atom. The molecule has 2 aromatic heterocycles. The molecule has 3 rings (SSSR count). The monoisotopic (exact) mass is 392 g/mol. The van der Waals surface area contributed by atoms with E-state index in [1.807, 2.05) is 0 Å². The number of hydrogen-bond acceptors (Lipinski definition) is 7. The first kappa shape index (κ1) is 19.1. The zero-order chi connectivity index (χ0) is 20.3. The lowest BCUT2D eigenvalue weighted by Crippen LogP contribution is -2.15. The molecule has 0 saturated carbocycles. The highest BCUT2D eigenvalue weighted by atomic mass is 19.4. The predicted octanol–water partition coefficient (Wildman–Crippen LogP) is 3.25. The highest BCUT2D eigenvalue weighted by Gasteiger charge is 2.35. The van der Waals surface area contributed by atoms with Crippen LogP contribution in [0.25, 0.3) is 0 Å². The van der Waals surface area contributed by atoms with Crippen LogP contribution >= 0.6 is 0 Å². The molecule has 0 fully saturated rings. The van der Waals surface area contributed by atoms with Crippen molar-refractivity contribution in [2.45, 2.75) is 19.6 Å². The maximum Gasteiger partial charge on any atom is 0.421 e. The third kappa shape index (κ3) is 4.37. The minimum absolute atomic E-state index is 0.0902. The molecule has 0 aliphatic heterocycles. The number of nitrogens with zero attached hydrogens (tertiary/aromatic N) is 3. The van der Waals surface area contributed by atoms with Gasteiger partial charge in [0.25, 0.3) is 0 Å². The van der Waals surface area contributed by atoms with Crippen molar-refractivity contribution in [3.8, 4) is 0 Å². The number of anilines is 3. The number of nitrogens with one attached hydrogen (secondary N) is 2. The quantitative estimate of drug-likeness (QED) is 0.589. The number of halogens is 3. The van der Waals surface area contributed by atoms with Crippen molar-refractivity contribution < 1.29 is 22.4 Å². The van der Waals surface area contributed by atoms with Crippen LogP contribution in [-0.2, 0) is 12.7 Å². The number of primary amides is 1. The Morgan fingerprint density at radius 3 is 2.71 bits per heavy atom. The number of rotatable bonds is 6. The largest absolute Gasteiger partial charge is 0.447 e. The number of nitrogens with two attached hydrogens (primary N) is 1. The molecule has 28 heavy (non-hydrogen) atoms. The number of carbonyl (C=O) groups is 1. The van der Waals surface area contributed by atoms with Gasteiger partial charge in [-0.15, -0.1) is 0 Å². The van der Waals surface area contributed by atoms with Gasteiger partial charge in [-0.3, -0.25) is 4.79 Å². The van der Waals surface area contributed by atoms with Crippen molar-refractivity contribution in [3.05, 3.63) is 59.4 Å². The van der Waals surface area contributed by atoms with E-state index in [9.17, 15) is 18.0 Å². The number of oxazole rings is 1. The second kappa shape index (κ2) is 7.55. The number of hydrogen-bond donors (Lipinski definition) is 3. The summed E-state index contributed by atoms with van der Waals surface area (Å²) in [6.45, 7) is 1.65. The second-order valence-electron chi connectivity index (χ2n) is 5.75. The predicted molar refractivity (Wildman–Crippen MR) is 93.8 cm³/mol. The van der Waals surface area contributed by atoms with Gasteiger partial charge in [-0.1, -0.05) is 6.07 Å². The Balaban J connectivity index is 1.91. The van der Waals surface area contributed by atoms with Gasteiger partial charge in [-0.05, 0) is 24.6 Å². The number of amides is 1. The van der Waals surface area contributed by atoms with E-state index in [-0.39, 0.29) is 23.9 Å². The molecule has 8 nitrogen and oxygen atoms in total. The summed E-state index contributed by atoms with van der Waals surface area (Å²) in [5.74, 6) is -0.963. The molecule has 1 amide bonds. The fourth-order valence-corrected chi connectivity index (χ4v) is 2.31. The molecule has 0 unspecified atom stereocenters. The van der Waals surface area contributed by atoms with E-state index < -0.39 is 23.5 Å². The summed E-state index contributed by atoms with van der Waals surface area (Å²) in [6, 6.07) is 4.66. The molecular weight excluding hydrogens is 377 g/mol. The maximum atomic E-state index is 13.2. The summed E-state index contributed by atoms with van der Waals surface area (Å²) in [6.07, 6.45) is -1.30. The van der Waals surface area contributed by atoms with Gasteiger partial charge in [0.2, 0.25) is 17.7 Å². The molecule has 0 spiro atoms. The Kier molecular flexibility index (Phi) is 5.16. The lowest BCUT2D eigenvalue weighted by atomic mass is 10.1. The number of aryl methyl sites for hydroxylation is 1. The van der Waals surface area contributed by atoms with Gasteiger partial charge < -0.3 is 20.8 Å². The van der Waals surface area contributed by atoms with Crippen LogP contribution in [0.5, 0.6) is 0 Å². The van der Waals surface area contributed by atoms with Crippen molar-refractivity contribution in [3.63, 3.8) is 0 Å². The van der Waals surface area contributed by atoms with Crippen LogP contribution in [0.4, 0.5) is 30.6 Å². The third-order valence-electron chi connectivity index (χ3n) is 3.75. The molecule has 1 aromatic carbocycles. The standard InChI is InChI=1S/C17H15F3N6O2/c1-9-2-3-10(14(21)27)6-12(9)25-16-24-7-11(17(18,19)20)15(26-16)23-8-13-22-4-5-28-13/h2-7H,8H2,1H3,(H2,21,27)(H2,23,24,25,26). The van der Waals surface area contributed by atoms with E-state index in [2.05, 4.69) is 25.6 Å². The molecule has 0 aliphatic rings. The van der Waals surface area contributed by atoms with Crippen molar-refractivity contribution in [1.29, 1.82) is 0 Å². The topological polar surface area (TPSA) is 119 Å². The van der Waals surface area contributed by atoms with Gasteiger partial charge in [0.1, 0.15) is 17.6 Å². The highest BCUT2D eigenvalue weighted by Crippen LogP contribution is 2.34. The molecule has 0 aliphatic carbocycles. The maximum absolute atomic E-state index is 13.2. The van der Waals surface area contributed by atoms with E-state index in [1.54, 1.807) is 19.1 Å². The zero-order valence-electron chi connectivity index (χ0n) is 14.5. The second-order valence-corrected chi connectivity index (χ2v) is 5.75. The summed E-state index contributed by atoms with van der Waals surface area (Å²) in [5, 5.41) is 5.35. The molecule has 146 valence electrons. The summed E-state index contributed by atoms with van der Waals surface area (Å²) >= 11 is 0. The van der Waals surface area contributed by atoms with Crippen molar-refractivity contribution in [2.75, 3.05) is 10.6 Å². The number of aromatic nitrogens is 3. The molecule has 3 aromatic rings. The number of carbonyl (C=O) groups excluding carboxylic acids is 1. The zero-order valence-corrected chi connectivity index (χ0v) is 14.5. The molecular formula is C17H15F3N6O2. The van der Waals surface area contributed by atoms with Crippen LogP contribution in [-0.4, -0.2) is 20.9 Å². The van der Waals surface area contributed by atoms with E-state index in [4.69, 9.17) is 10.2 Å². The Labute approximate surface area is 157 Å². The SMILES string of the molecule is Cc1ccc(C(N)=O)cc1Nc1ncc(C(F)(F)F)c(NCc2ncco2)n1. The van der Waals surface area contributed by atoms with Crippen LogP contribution in [0, 0.1) is 6.92 Å². The molecule has 0 saturated heterocycles. The van der Waals surface area contributed by atoms with Gasteiger partial charge in [-0.2, -0.15) is 18.2 Å².